The fraction of sp³-hybridized carbons (Fsp3) is 0.400. The number of aliphatic hydroxyl groups is 1. The van der Waals surface area contributed by atoms with Gasteiger partial charge in [-0.05, 0) is 80.2 Å². The Morgan fingerprint density at radius 3 is 2.68 bits per heavy atom. The molecule has 2 aromatic carbocycles. The Morgan fingerprint density at radius 1 is 1.18 bits per heavy atom. The molecule has 0 aromatic heterocycles. The summed E-state index contributed by atoms with van der Waals surface area (Å²) < 4.78 is 0. The monoisotopic (exact) mass is 374 g/mol. The van der Waals surface area contributed by atoms with Crippen LogP contribution in [0.3, 0.4) is 0 Å². The van der Waals surface area contributed by atoms with E-state index in [4.69, 9.17) is 0 Å². The number of aryl methyl sites for hydroxylation is 1. The van der Waals surface area contributed by atoms with Gasteiger partial charge in [-0.2, -0.15) is 0 Å². The predicted octanol–water partition coefficient (Wildman–Crippen LogP) is 4.37. The van der Waals surface area contributed by atoms with Crippen LogP contribution in [0.25, 0.3) is 0 Å². The summed E-state index contributed by atoms with van der Waals surface area (Å²) >= 11 is 0. The first-order valence-corrected chi connectivity index (χ1v) is 10.0. The lowest BCUT2D eigenvalue weighted by atomic mass is 9.52. The number of carboxylic acids is 1. The second kappa shape index (κ2) is 7.11. The van der Waals surface area contributed by atoms with Crippen LogP contribution in [-0.4, -0.2) is 21.8 Å². The van der Waals surface area contributed by atoms with Crippen LogP contribution in [0.1, 0.15) is 59.7 Å². The Balaban J connectivity index is 1.80. The topological polar surface area (TPSA) is 57.5 Å². The molecule has 1 fully saturated rings. The van der Waals surface area contributed by atoms with Crippen LogP contribution in [-0.2, 0) is 18.3 Å². The molecule has 2 aromatic rings. The predicted molar refractivity (Wildman–Crippen MR) is 109 cm³/mol. The largest absolute Gasteiger partial charge is 0.478 e. The Bertz CT molecular complexity index is 953. The zero-order chi connectivity index (χ0) is 19.8. The molecule has 0 unspecified atom stereocenters. The van der Waals surface area contributed by atoms with E-state index in [0.717, 1.165) is 31.2 Å². The third-order valence-electron chi connectivity index (χ3n) is 6.72. The lowest BCUT2D eigenvalue weighted by Gasteiger charge is -2.52. The second-order valence-corrected chi connectivity index (χ2v) is 8.34. The molecule has 144 valence electrons. The van der Waals surface area contributed by atoms with Gasteiger partial charge < -0.3 is 10.2 Å². The fourth-order valence-corrected chi connectivity index (χ4v) is 5.46. The first-order valence-electron chi connectivity index (χ1n) is 10.0. The average Bonchev–Trinajstić information content (AvgIpc) is 2.69. The van der Waals surface area contributed by atoms with E-state index in [0.29, 0.717) is 24.3 Å². The molecule has 0 bridgehead atoms. The molecule has 1 saturated carbocycles. The van der Waals surface area contributed by atoms with Gasteiger partial charge in [0.1, 0.15) is 5.60 Å². The first kappa shape index (κ1) is 18.8. The van der Waals surface area contributed by atoms with E-state index < -0.39 is 11.6 Å². The number of hydrogen-bond donors (Lipinski definition) is 2. The third kappa shape index (κ3) is 3.23. The van der Waals surface area contributed by atoms with Gasteiger partial charge in [-0.15, -0.1) is 5.92 Å². The summed E-state index contributed by atoms with van der Waals surface area (Å²) in [5.41, 5.74) is 3.08. The van der Waals surface area contributed by atoms with Gasteiger partial charge in [-0.25, -0.2) is 4.79 Å². The third-order valence-corrected chi connectivity index (χ3v) is 6.72. The van der Waals surface area contributed by atoms with E-state index in [2.05, 4.69) is 36.1 Å². The Labute approximate surface area is 166 Å². The van der Waals surface area contributed by atoms with Gasteiger partial charge in [-0.1, -0.05) is 42.3 Å². The van der Waals surface area contributed by atoms with Gasteiger partial charge >= 0.3 is 5.97 Å². The minimum absolute atomic E-state index is 0.0758. The molecule has 2 N–H and O–H groups in total. The highest BCUT2D eigenvalue weighted by Gasteiger charge is 2.51. The smallest absolute Gasteiger partial charge is 0.335 e. The molecule has 4 rings (SSSR count). The Kier molecular flexibility index (Phi) is 4.77. The number of aromatic carboxylic acids is 1. The molecule has 2 aliphatic rings. The van der Waals surface area contributed by atoms with Gasteiger partial charge in [0.25, 0.3) is 0 Å². The van der Waals surface area contributed by atoms with Gasteiger partial charge in [0.05, 0.1) is 5.56 Å². The van der Waals surface area contributed by atoms with Crippen molar-refractivity contribution in [3.8, 4) is 11.8 Å². The first-order chi connectivity index (χ1) is 13.5. The second-order valence-electron chi connectivity index (χ2n) is 8.34. The van der Waals surface area contributed by atoms with E-state index in [1.54, 1.807) is 13.0 Å². The summed E-state index contributed by atoms with van der Waals surface area (Å²) in [6, 6.07) is 16.1. The van der Waals surface area contributed by atoms with Crippen LogP contribution in [0.4, 0.5) is 0 Å². The van der Waals surface area contributed by atoms with E-state index in [1.807, 2.05) is 18.2 Å². The summed E-state index contributed by atoms with van der Waals surface area (Å²) in [6.45, 7) is 1.79. The minimum atomic E-state index is -0.905. The molecule has 0 heterocycles. The maximum atomic E-state index is 11.4. The zero-order valence-corrected chi connectivity index (χ0v) is 16.2. The molecule has 28 heavy (non-hydrogen) atoms. The van der Waals surface area contributed by atoms with Crippen molar-refractivity contribution in [2.45, 2.75) is 56.5 Å². The van der Waals surface area contributed by atoms with Crippen LogP contribution in [0, 0.1) is 17.8 Å². The van der Waals surface area contributed by atoms with Crippen molar-refractivity contribution in [3.63, 3.8) is 0 Å². The number of fused-ring (bicyclic) bond motifs is 3. The normalized spacial score (nSPS) is 28.4. The van der Waals surface area contributed by atoms with Crippen LogP contribution in [0.5, 0.6) is 0 Å². The number of carbonyl (C=O) groups is 1. The van der Waals surface area contributed by atoms with Crippen molar-refractivity contribution in [1.29, 1.82) is 0 Å². The lowest BCUT2D eigenvalue weighted by molar-refractivity contribution is -0.00801. The number of rotatable bonds is 3. The zero-order valence-electron chi connectivity index (χ0n) is 16.2. The number of carboxylic acid groups (broad SMARTS) is 1. The fourth-order valence-electron chi connectivity index (χ4n) is 5.46. The molecule has 0 amide bonds. The molecule has 3 nitrogen and oxygen atoms in total. The minimum Gasteiger partial charge on any atom is -0.478 e. The van der Waals surface area contributed by atoms with Crippen molar-refractivity contribution in [1.82, 2.24) is 0 Å². The lowest BCUT2D eigenvalue weighted by Crippen LogP contribution is -2.50. The highest BCUT2D eigenvalue weighted by molar-refractivity contribution is 5.88. The van der Waals surface area contributed by atoms with Crippen molar-refractivity contribution < 1.29 is 15.0 Å². The van der Waals surface area contributed by atoms with Crippen LogP contribution >= 0.6 is 0 Å². The van der Waals surface area contributed by atoms with Crippen molar-refractivity contribution in [2.24, 2.45) is 5.92 Å². The molecule has 0 spiro atoms. The Morgan fingerprint density at radius 2 is 1.96 bits per heavy atom. The Hall–Kier alpha value is -2.57. The maximum absolute atomic E-state index is 11.4. The van der Waals surface area contributed by atoms with Crippen molar-refractivity contribution in [3.05, 3.63) is 70.8 Å². The van der Waals surface area contributed by atoms with Crippen LogP contribution in [0.2, 0.25) is 0 Å². The van der Waals surface area contributed by atoms with Crippen LogP contribution in [0.15, 0.2) is 48.5 Å². The van der Waals surface area contributed by atoms with Crippen LogP contribution < -0.4 is 0 Å². The maximum Gasteiger partial charge on any atom is 0.335 e. The molecule has 0 radical (unpaired) electrons. The highest BCUT2D eigenvalue weighted by atomic mass is 16.4. The van der Waals surface area contributed by atoms with Crippen molar-refractivity contribution in [2.75, 3.05) is 0 Å². The summed E-state index contributed by atoms with van der Waals surface area (Å²) in [4.78, 5) is 11.4. The molecular weight excluding hydrogens is 348 g/mol. The van der Waals surface area contributed by atoms with E-state index in [-0.39, 0.29) is 5.41 Å². The van der Waals surface area contributed by atoms with Gasteiger partial charge in [0.15, 0.2) is 0 Å². The highest BCUT2D eigenvalue weighted by Crippen LogP contribution is 2.54. The summed E-state index contributed by atoms with van der Waals surface area (Å²) in [7, 11) is 0. The quantitative estimate of drug-likeness (QED) is 0.785. The number of benzene rings is 2. The van der Waals surface area contributed by atoms with Crippen molar-refractivity contribution >= 4 is 5.97 Å². The molecule has 3 atom stereocenters. The molecule has 0 aliphatic heterocycles. The molecular formula is C25H26O3. The van der Waals surface area contributed by atoms with Gasteiger partial charge in [-0.3, -0.25) is 0 Å². The summed E-state index contributed by atoms with van der Waals surface area (Å²) in [5, 5.41) is 20.4. The summed E-state index contributed by atoms with van der Waals surface area (Å²) in [5.74, 6) is 5.41. The van der Waals surface area contributed by atoms with Gasteiger partial charge in [0.2, 0.25) is 0 Å². The van der Waals surface area contributed by atoms with E-state index in [1.165, 1.54) is 11.1 Å². The SMILES string of the molecule is CC#C[C@@]1(O)CC[C@@]2(Cc3ccccc3)c3ccc(C(=O)O)cc3CC[C@@H]2C1. The standard InChI is InChI=1S/C25H26O3/c1-2-12-24(28)13-14-25(16-18-6-4-3-5-7-18)21(17-24)10-8-19-15-20(23(26)27)9-11-22(19)25/h3-7,9,11,15,21,28H,8,10,13-14,16-17H2,1H3,(H,26,27)/t21-,24-,25+/m1/s1. The van der Waals surface area contributed by atoms with Gasteiger partial charge in [0, 0.05) is 5.41 Å². The average molecular weight is 374 g/mol. The van der Waals surface area contributed by atoms with E-state index >= 15 is 0 Å². The molecule has 3 heteroatoms. The van der Waals surface area contributed by atoms with E-state index in [9.17, 15) is 15.0 Å². The molecule has 0 saturated heterocycles. The summed E-state index contributed by atoms with van der Waals surface area (Å²) in [6.07, 6.45) is 4.91. The molecule has 2 aliphatic carbocycles. The number of hydrogen-bond acceptors (Lipinski definition) is 2.